The topological polar surface area (TPSA) is 41.6 Å². The molecule has 1 heterocycles. The molecule has 1 atom stereocenters. The molecular formula is C18H34N2O2. The maximum absolute atomic E-state index is 12.7. The van der Waals surface area contributed by atoms with Crippen LogP contribution in [-0.2, 0) is 4.74 Å². The van der Waals surface area contributed by atoms with E-state index in [2.05, 4.69) is 24.1 Å². The van der Waals surface area contributed by atoms with Gasteiger partial charge >= 0.3 is 6.09 Å². The second kappa shape index (κ2) is 6.77. The van der Waals surface area contributed by atoms with E-state index in [0.29, 0.717) is 12.1 Å². The molecule has 1 saturated heterocycles. The Bertz CT molecular complexity index is 381. The van der Waals surface area contributed by atoms with Gasteiger partial charge in [-0.3, -0.25) is 0 Å². The van der Waals surface area contributed by atoms with Gasteiger partial charge in [-0.25, -0.2) is 4.79 Å². The van der Waals surface area contributed by atoms with Crippen LogP contribution in [0.4, 0.5) is 4.79 Å². The number of likely N-dealkylation sites (tertiary alicyclic amines) is 1. The van der Waals surface area contributed by atoms with Crippen LogP contribution in [-0.4, -0.2) is 40.8 Å². The number of rotatable bonds is 2. The van der Waals surface area contributed by atoms with Gasteiger partial charge < -0.3 is 15.0 Å². The third kappa shape index (κ3) is 4.37. The summed E-state index contributed by atoms with van der Waals surface area (Å²) in [5, 5.41) is 3.68. The summed E-state index contributed by atoms with van der Waals surface area (Å²) in [5.74, 6) is 0. The molecule has 2 fully saturated rings. The van der Waals surface area contributed by atoms with E-state index in [1.165, 1.54) is 19.3 Å². The predicted molar refractivity (Wildman–Crippen MR) is 90.0 cm³/mol. The molecule has 1 saturated carbocycles. The fourth-order valence-corrected chi connectivity index (χ4v) is 4.09. The molecule has 2 aliphatic rings. The predicted octanol–water partition coefficient (Wildman–Crippen LogP) is 4.09. The summed E-state index contributed by atoms with van der Waals surface area (Å²) in [6.07, 6.45) is 8.00. The van der Waals surface area contributed by atoms with Crippen molar-refractivity contribution in [2.75, 3.05) is 6.54 Å². The van der Waals surface area contributed by atoms with E-state index in [4.69, 9.17) is 4.74 Å². The van der Waals surface area contributed by atoms with Gasteiger partial charge in [-0.1, -0.05) is 33.1 Å². The van der Waals surface area contributed by atoms with Gasteiger partial charge in [0.2, 0.25) is 0 Å². The minimum atomic E-state index is -0.417. The van der Waals surface area contributed by atoms with E-state index in [1.54, 1.807) is 0 Å². The third-order valence-corrected chi connectivity index (χ3v) is 4.87. The second-order valence-corrected chi connectivity index (χ2v) is 8.43. The van der Waals surface area contributed by atoms with Crippen LogP contribution in [0.5, 0.6) is 0 Å². The van der Waals surface area contributed by atoms with Crippen molar-refractivity contribution in [1.29, 1.82) is 0 Å². The van der Waals surface area contributed by atoms with E-state index in [1.807, 2.05) is 20.8 Å². The van der Waals surface area contributed by atoms with Crippen molar-refractivity contribution in [2.45, 2.75) is 103 Å². The molecule has 1 spiro atoms. The molecule has 2 rings (SSSR count). The first kappa shape index (κ1) is 17.6. The van der Waals surface area contributed by atoms with Gasteiger partial charge in [0.15, 0.2) is 0 Å². The van der Waals surface area contributed by atoms with Gasteiger partial charge in [-0.05, 0) is 46.5 Å². The Morgan fingerprint density at radius 2 is 1.86 bits per heavy atom. The van der Waals surface area contributed by atoms with Crippen molar-refractivity contribution in [2.24, 2.45) is 0 Å². The maximum atomic E-state index is 12.7. The van der Waals surface area contributed by atoms with Crippen LogP contribution in [0.15, 0.2) is 0 Å². The zero-order chi connectivity index (χ0) is 16.4. The molecular weight excluding hydrogens is 276 g/mol. The molecule has 0 aromatic rings. The molecule has 0 bridgehead atoms. The Morgan fingerprint density at radius 1 is 1.23 bits per heavy atom. The zero-order valence-electron chi connectivity index (χ0n) is 15.1. The Hall–Kier alpha value is -0.770. The fourth-order valence-electron chi connectivity index (χ4n) is 4.09. The molecule has 128 valence electrons. The molecule has 0 radical (unpaired) electrons. The summed E-state index contributed by atoms with van der Waals surface area (Å²) in [4.78, 5) is 14.8. The van der Waals surface area contributed by atoms with Crippen molar-refractivity contribution in [3.8, 4) is 0 Å². The highest BCUT2D eigenvalue weighted by Crippen LogP contribution is 2.41. The van der Waals surface area contributed by atoms with Gasteiger partial charge in [0.1, 0.15) is 5.60 Å². The average Bonchev–Trinajstić information content (AvgIpc) is 2.36. The monoisotopic (exact) mass is 310 g/mol. The van der Waals surface area contributed by atoms with Crippen molar-refractivity contribution in [1.82, 2.24) is 10.2 Å². The quantitative estimate of drug-likeness (QED) is 0.835. The average molecular weight is 310 g/mol. The molecule has 0 aromatic carbocycles. The highest BCUT2D eigenvalue weighted by atomic mass is 16.6. The molecule has 1 aliphatic heterocycles. The van der Waals surface area contributed by atoms with Gasteiger partial charge in [0.05, 0.1) is 0 Å². The molecule has 4 heteroatoms. The van der Waals surface area contributed by atoms with E-state index in [0.717, 1.165) is 32.2 Å². The first-order valence-electron chi connectivity index (χ1n) is 8.99. The van der Waals surface area contributed by atoms with Crippen molar-refractivity contribution in [3.63, 3.8) is 0 Å². The Morgan fingerprint density at radius 3 is 2.41 bits per heavy atom. The minimum absolute atomic E-state index is 0.0192. The summed E-state index contributed by atoms with van der Waals surface area (Å²) in [6, 6.07) is 1.02. The molecule has 0 aromatic heterocycles. The zero-order valence-corrected chi connectivity index (χ0v) is 15.1. The van der Waals surface area contributed by atoms with Crippen LogP contribution in [0.3, 0.4) is 0 Å². The van der Waals surface area contributed by atoms with Gasteiger partial charge in [0.25, 0.3) is 0 Å². The van der Waals surface area contributed by atoms with E-state index in [9.17, 15) is 4.79 Å². The van der Waals surface area contributed by atoms with Crippen LogP contribution in [0.2, 0.25) is 0 Å². The number of nitrogens with one attached hydrogen (secondary N) is 1. The number of hydrogen-bond donors (Lipinski definition) is 1. The van der Waals surface area contributed by atoms with Gasteiger partial charge in [-0.15, -0.1) is 0 Å². The van der Waals surface area contributed by atoms with E-state index < -0.39 is 5.60 Å². The standard InChI is InChI=1S/C18H34N2O2/c1-14(2)19-15-9-12-20(16(21)22-17(3,4)5)18(13-15)10-7-6-8-11-18/h14-15,19H,6-13H2,1-5H3. The highest BCUT2D eigenvalue weighted by molar-refractivity contribution is 5.69. The Balaban J connectivity index is 2.12. The third-order valence-electron chi connectivity index (χ3n) is 4.87. The lowest BCUT2D eigenvalue weighted by atomic mass is 9.73. The smallest absolute Gasteiger partial charge is 0.410 e. The van der Waals surface area contributed by atoms with Crippen LogP contribution < -0.4 is 5.32 Å². The Labute approximate surface area is 136 Å². The Kier molecular flexibility index (Phi) is 5.41. The molecule has 1 N–H and O–H groups in total. The molecule has 1 aliphatic carbocycles. The van der Waals surface area contributed by atoms with Crippen molar-refractivity contribution < 1.29 is 9.53 Å². The lowest BCUT2D eigenvalue weighted by Gasteiger charge is -2.52. The van der Waals surface area contributed by atoms with E-state index in [-0.39, 0.29) is 11.6 Å². The molecule has 1 unspecified atom stereocenters. The highest BCUT2D eigenvalue weighted by Gasteiger charge is 2.46. The van der Waals surface area contributed by atoms with Crippen LogP contribution in [0, 0.1) is 0 Å². The van der Waals surface area contributed by atoms with Crippen molar-refractivity contribution in [3.05, 3.63) is 0 Å². The second-order valence-electron chi connectivity index (χ2n) is 8.43. The first-order valence-corrected chi connectivity index (χ1v) is 8.99. The maximum Gasteiger partial charge on any atom is 0.410 e. The molecule has 22 heavy (non-hydrogen) atoms. The van der Waals surface area contributed by atoms with Crippen molar-refractivity contribution >= 4 is 6.09 Å². The number of piperidine rings is 1. The number of hydrogen-bond acceptors (Lipinski definition) is 3. The summed E-state index contributed by atoms with van der Waals surface area (Å²) in [5.41, 5.74) is -0.397. The summed E-state index contributed by atoms with van der Waals surface area (Å²) in [7, 11) is 0. The van der Waals surface area contributed by atoms with Crippen LogP contribution in [0.25, 0.3) is 0 Å². The van der Waals surface area contributed by atoms with Crippen LogP contribution >= 0.6 is 0 Å². The number of carbonyl (C=O) groups is 1. The largest absolute Gasteiger partial charge is 0.444 e. The molecule has 1 amide bonds. The van der Waals surface area contributed by atoms with E-state index >= 15 is 0 Å². The number of ether oxygens (including phenoxy) is 1. The van der Waals surface area contributed by atoms with Crippen LogP contribution in [0.1, 0.15) is 79.6 Å². The fraction of sp³-hybridized carbons (Fsp3) is 0.944. The first-order chi connectivity index (χ1) is 10.2. The normalized spacial score (nSPS) is 25.5. The minimum Gasteiger partial charge on any atom is -0.444 e. The number of amides is 1. The summed E-state index contributed by atoms with van der Waals surface area (Å²) in [6.45, 7) is 11.1. The lowest BCUT2D eigenvalue weighted by molar-refractivity contribution is -0.0335. The van der Waals surface area contributed by atoms with Gasteiger partial charge in [0, 0.05) is 24.2 Å². The summed E-state index contributed by atoms with van der Waals surface area (Å²) >= 11 is 0. The SMILES string of the molecule is CC(C)NC1CCN(C(=O)OC(C)(C)C)C2(CCCCC2)C1. The number of nitrogens with zero attached hydrogens (tertiary/aromatic N) is 1. The van der Waals surface area contributed by atoms with Gasteiger partial charge in [-0.2, -0.15) is 0 Å². The molecule has 4 nitrogen and oxygen atoms in total. The lowest BCUT2D eigenvalue weighted by Crippen LogP contribution is -2.61. The number of carbonyl (C=O) groups excluding carboxylic acids is 1. The summed E-state index contributed by atoms with van der Waals surface area (Å²) < 4.78 is 5.69.